The van der Waals surface area contributed by atoms with Gasteiger partial charge in [-0.25, -0.2) is 9.13 Å². The molecule has 0 saturated heterocycles. The lowest BCUT2D eigenvalue weighted by Gasteiger charge is -2.21. The van der Waals surface area contributed by atoms with E-state index < -0.39 is 91.5 Å². The van der Waals surface area contributed by atoms with Crippen LogP contribution in [0.4, 0.5) is 0 Å². The number of phosphoric acid groups is 2. The molecular weight excluding hydrogens is 1120 g/mol. The maximum absolute atomic E-state index is 12.9. The molecule has 0 aromatic heterocycles. The Labute approximate surface area is 512 Å². The van der Waals surface area contributed by atoms with Gasteiger partial charge in [-0.1, -0.05) is 206 Å². The number of ether oxygens (including phenoxy) is 3. The second kappa shape index (κ2) is 60.0. The summed E-state index contributed by atoms with van der Waals surface area (Å²) in [6.45, 7) is 2.25. The maximum atomic E-state index is 12.9. The van der Waals surface area contributed by atoms with Crippen LogP contribution < -0.4 is 0 Å². The number of aliphatic hydroxyl groups excluding tert-OH is 2. The summed E-state index contributed by atoms with van der Waals surface area (Å²) >= 11 is 0. The molecule has 0 aliphatic rings. The van der Waals surface area contributed by atoms with Crippen molar-refractivity contribution in [3.05, 3.63) is 134 Å². The third-order valence-electron chi connectivity index (χ3n) is 12.4. The lowest BCUT2D eigenvalue weighted by atomic mass is 10.1. The topological polar surface area (TPSA) is 231 Å². The average molecular weight is 1230 g/mol. The number of carbonyl (C=O) groups is 3. The van der Waals surface area contributed by atoms with Crippen LogP contribution in [0.5, 0.6) is 0 Å². The van der Waals surface area contributed by atoms with Crippen LogP contribution in [0.1, 0.15) is 213 Å². The summed E-state index contributed by atoms with van der Waals surface area (Å²) in [4.78, 5) is 58.2. The predicted molar refractivity (Wildman–Crippen MR) is 343 cm³/mol. The zero-order valence-corrected chi connectivity index (χ0v) is 53.8. The number of hydrogen-bond donors (Lipinski definition) is 4. The van der Waals surface area contributed by atoms with Crippen LogP contribution in [0.3, 0.4) is 0 Å². The van der Waals surface area contributed by atoms with Gasteiger partial charge in [0.2, 0.25) is 0 Å². The summed E-state index contributed by atoms with van der Waals surface area (Å²) in [5, 5.41) is 20.5. The highest BCUT2D eigenvalue weighted by molar-refractivity contribution is 7.47. The van der Waals surface area contributed by atoms with E-state index in [2.05, 4.69) is 136 Å². The molecular formula is C67H110O16P2. The van der Waals surface area contributed by atoms with E-state index in [-0.39, 0.29) is 19.3 Å². The highest BCUT2D eigenvalue weighted by Gasteiger charge is 2.29. The molecule has 0 aromatic rings. The number of phosphoric ester groups is 2. The third kappa shape index (κ3) is 61.1. The minimum atomic E-state index is -4.94. The minimum Gasteiger partial charge on any atom is -0.463 e. The smallest absolute Gasteiger partial charge is 0.463 e. The fourth-order valence-corrected chi connectivity index (χ4v) is 9.16. The fourth-order valence-electron chi connectivity index (χ4n) is 7.58. The first-order valence-corrected chi connectivity index (χ1v) is 34.5. The average Bonchev–Trinajstić information content (AvgIpc) is 3.51. The first-order valence-electron chi connectivity index (χ1n) is 31.5. The van der Waals surface area contributed by atoms with Crippen LogP contribution in [0.2, 0.25) is 0 Å². The Morgan fingerprint density at radius 1 is 0.341 bits per heavy atom. The number of hydrogen-bond acceptors (Lipinski definition) is 14. The monoisotopic (exact) mass is 1230 g/mol. The van der Waals surface area contributed by atoms with E-state index >= 15 is 0 Å². The van der Waals surface area contributed by atoms with Crippen molar-refractivity contribution in [2.45, 2.75) is 232 Å². The van der Waals surface area contributed by atoms with Gasteiger partial charge in [0.05, 0.1) is 26.4 Å². The predicted octanol–water partition coefficient (Wildman–Crippen LogP) is 16.9. The lowest BCUT2D eigenvalue weighted by molar-refractivity contribution is -0.161. The lowest BCUT2D eigenvalue weighted by Crippen LogP contribution is -2.30. The molecule has 0 bridgehead atoms. The molecule has 0 aliphatic carbocycles. The molecule has 0 aliphatic heterocycles. The van der Waals surface area contributed by atoms with Crippen molar-refractivity contribution in [2.75, 3.05) is 39.6 Å². The van der Waals surface area contributed by atoms with Crippen LogP contribution in [0.25, 0.3) is 0 Å². The summed E-state index contributed by atoms with van der Waals surface area (Å²) in [5.41, 5.74) is 0. The number of carbonyl (C=O) groups excluding carboxylic acids is 3. The Morgan fingerprint density at radius 3 is 1.07 bits per heavy atom. The standard InChI is InChI=1S/C67H110O16P2/c1-4-7-10-13-16-19-22-25-27-29-30-32-34-36-38-41-44-47-50-53-65(70)77-56-62(68)57-79-84(73,74)80-58-63(69)59-81-85(75,76)82-61-64(83-67(72)55-52-49-46-43-40-35-24-21-18-15-12-9-6-3)60-78-66(71)54-51-48-45-42-39-37-33-31-28-26-23-20-17-14-11-8-5-2/h7-8,10-11,16-17,19-21,24-28,30,32-33,36-38,44,47,62-64,68-69H,4-6,9,12-15,18,22-23,29,31,34-35,39-43,45-46,48-61H2,1-3H3,(H,73,74)(H,75,76)/b10-7-,11-8-,19-16-,20-17-,24-21-,27-25-,28-26-,32-30-,37-33-,38-36-,47-44-. The van der Waals surface area contributed by atoms with Crippen LogP contribution in [-0.4, -0.2) is 95.9 Å². The first kappa shape index (κ1) is 80.7. The highest BCUT2D eigenvalue weighted by Crippen LogP contribution is 2.45. The largest absolute Gasteiger partial charge is 0.472 e. The number of allylic oxidation sites excluding steroid dienone is 22. The number of aliphatic hydroxyl groups is 2. The molecule has 0 radical (unpaired) electrons. The van der Waals surface area contributed by atoms with Crippen molar-refractivity contribution < 1.29 is 75.8 Å². The number of unbranched alkanes of at least 4 members (excludes halogenated alkanes) is 13. The van der Waals surface area contributed by atoms with Crippen LogP contribution >= 0.6 is 15.6 Å². The van der Waals surface area contributed by atoms with E-state index in [4.69, 9.17) is 32.3 Å². The molecule has 0 saturated carbocycles. The summed E-state index contributed by atoms with van der Waals surface area (Å²) in [6, 6.07) is 0. The number of rotatable bonds is 58. The summed E-state index contributed by atoms with van der Waals surface area (Å²) in [7, 11) is -9.80. The van der Waals surface area contributed by atoms with Gasteiger partial charge in [-0.05, 0) is 122 Å². The van der Waals surface area contributed by atoms with Gasteiger partial charge in [0.15, 0.2) is 6.10 Å². The van der Waals surface area contributed by atoms with E-state index in [1.165, 1.54) is 25.7 Å². The van der Waals surface area contributed by atoms with Gasteiger partial charge in [-0.15, -0.1) is 0 Å². The molecule has 0 fully saturated rings. The quantitative estimate of drug-likeness (QED) is 0.0146. The van der Waals surface area contributed by atoms with Crippen molar-refractivity contribution >= 4 is 33.6 Å². The van der Waals surface area contributed by atoms with Crippen molar-refractivity contribution in [1.82, 2.24) is 0 Å². The Bertz CT molecular complexity index is 2090. The van der Waals surface area contributed by atoms with E-state index in [9.17, 15) is 43.5 Å². The molecule has 85 heavy (non-hydrogen) atoms. The minimum absolute atomic E-state index is 0.0560. The Balaban J connectivity index is 4.77. The van der Waals surface area contributed by atoms with Gasteiger partial charge in [0.25, 0.3) is 0 Å². The second-order valence-corrected chi connectivity index (χ2v) is 23.3. The Kier molecular flexibility index (Phi) is 57.0. The molecule has 0 rings (SSSR count). The molecule has 484 valence electrons. The van der Waals surface area contributed by atoms with Crippen molar-refractivity contribution in [3.63, 3.8) is 0 Å². The highest BCUT2D eigenvalue weighted by atomic mass is 31.2. The summed E-state index contributed by atoms with van der Waals surface area (Å²) in [5.74, 6) is -1.71. The van der Waals surface area contributed by atoms with Gasteiger partial charge in [0.1, 0.15) is 25.4 Å². The Morgan fingerprint density at radius 2 is 0.647 bits per heavy atom. The Hall–Kier alpha value is -4.31. The van der Waals surface area contributed by atoms with Crippen LogP contribution in [0.15, 0.2) is 134 Å². The van der Waals surface area contributed by atoms with E-state index in [1.54, 1.807) is 0 Å². The molecule has 0 spiro atoms. The summed E-state index contributed by atoms with van der Waals surface area (Å²) < 4.78 is 60.6. The maximum Gasteiger partial charge on any atom is 0.472 e. The van der Waals surface area contributed by atoms with Crippen molar-refractivity contribution in [1.29, 1.82) is 0 Å². The van der Waals surface area contributed by atoms with E-state index in [1.807, 2.05) is 18.2 Å². The van der Waals surface area contributed by atoms with Gasteiger partial charge >= 0.3 is 33.6 Å². The van der Waals surface area contributed by atoms with Crippen molar-refractivity contribution in [2.24, 2.45) is 0 Å². The normalized spacial score (nSPS) is 15.2. The molecule has 5 unspecified atom stereocenters. The van der Waals surface area contributed by atoms with Gasteiger partial charge in [-0.2, -0.15) is 0 Å². The SMILES string of the molecule is CC/C=C\C/C=C\C/C=C\C/C=C\C/C=C\C/C=C\CCC(=O)OCC(O)COP(=O)(O)OCC(O)COP(=O)(O)OCC(COC(=O)CCCCCC/C=C\C/C=C\C/C=C\C/C=C\CC)OC(=O)CCCCCCC/C=C\CCCCCC. The third-order valence-corrected chi connectivity index (χ3v) is 14.3. The molecule has 18 heteroatoms. The zero-order valence-electron chi connectivity index (χ0n) is 52.0. The van der Waals surface area contributed by atoms with Gasteiger partial charge in [0, 0.05) is 19.3 Å². The first-order chi connectivity index (χ1) is 41.2. The van der Waals surface area contributed by atoms with Gasteiger partial charge in [-0.3, -0.25) is 32.5 Å². The molecule has 0 amide bonds. The summed E-state index contributed by atoms with van der Waals surface area (Å²) in [6.07, 6.45) is 68.2. The van der Waals surface area contributed by atoms with Crippen LogP contribution in [0, 0.1) is 0 Å². The zero-order chi connectivity index (χ0) is 62.4. The fraction of sp³-hybridized carbons (Fsp3) is 0.627. The van der Waals surface area contributed by atoms with Crippen LogP contribution in [-0.2, 0) is 55.8 Å². The molecule has 0 heterocycles. The molecule has 0 aromatic carbocycles. The molecule has 5 atom stereocenters. The van der Waals surface area contributed by atoms with E-state index in [0.29, 0.717) is 25.7 Å². The van der Waals surface area contributed by atoms with E-state index in [0.717, 1.165) is 122 Å². The molecule has 16 nitrogen and oxygen atoms in total. The second-order valence-electron chi connectivity index (χ2n) is 20.4. The number of esters is 3. The van der Waals surface area contributed by atoms with Gasteiger partial charge < -0.3 is 34.2 Å². The molecule has 4 N–H and O–H groups in total. The van der Waals surface area contributed by atoms with Crippen molar-refractivity contribution in [3.8, 4) is 0 Å².